The third-order valence-electron chi connectivity index (χ3n) is 4.09. The molecule has 0 saturated carbocycles. The number of carbonyl (C=O) groups excluding carboxylic acids is 1. The molecule has 0 unspecified atom stereocenters. The van der Waals surface area contributed by atoms with Crippen molar-refractivity contribution < 1.29 is 14.5 Å². The van der Waals surface area contributed by atoms with Crippen molar-refractivity contribution >= 4 is 23.2 Å². The second-order valence-electron chi connectivity index (χ2n) is 5.93. The summed E-state index contributed by atoms with van der Waals surface area (Å²) < 4.78 is 7.25. The van der Waals surface area contributed by atoms with E-state index in [1.54, 1.807) is 19.3 Å². The van der Waals surface area contributed by atoms with Gasteiger partial charge in [0.05, 0.1) is 23.3 Å². The lowest BCUT2D eigenvalue weighted by Crippen LogP contribution is -2.06. The van der Waals surface area contributed by atoms with Crippen LogP contribution < -0.4 is 4.74 Å². The van der Waals surface area contributed by atoms with Gasteiger partial charge in [0.1, 0.15) is 5.75 Å². The van der Waals surface area contributed by atoms with Crippen molar-refractivity contribution in [1.29, 1.82) is 0 Å². The predicted octanol–water partition coefficient (Wildman–Crippen LogP) is 4.02. The molecule has 0 amide bonds. The number of allylic oxidation sites excluding steroid dienone is 1. The number of rotatable bonds is 9. The van der Waals surface area contributed by atoms with Crippen molar-refractivity contribution in [2.75, 3.05) is 12.9 Å². The Labute approximate surface area is 171 Å². The highest BCUT2D eigenvalue weighted by Crippen LogP contribution is 2.31. The summed E-state index contributed by atoms with van der Waals surface area (Å²) in [6.07, 6.45) is 1.72. The molecule has 8 nitrogen and oxygen atoms in total. The summed E-state index contributed by atoms with van der Waals surface area (Å²) in [4.78, 5) is 22.9. The van der Waals surface area contributed by atoms with Gasteiger partial charge in [-0.2, -0.15) is 0 Å². The second-order valence-corrected chi connectivity index (χ2v) is 6.87. The fraction of sp³-hybridized carbons (Fsp3) is 0.150. The highest BCUT2D eigenvalue weighted by atomic mass is 32.2. The zero-order chi connectivity index (χ0) is 20.8. The lowest BCUT2D eigenvalue weighted by molar-refractivity contribution is -0.384. The van der Waals surface area contributed by atoms with E-state index >= 15 is 0 Å². The summed E-state index contributed by atoms with van der Waals surface area (Å²) in [5, 5.41) is 19.9. The van der Waals surface area contributed by atoms with Gasteiger partial charge in [0.25, 0.3) is 5.69 Å². The number of methoxy groups -OCH3 is 1. The van der Waals surface area contributed by atoms with E-state index in [-0.39, 0.29) is 22.8 Å². The third kappa shape index (κ3) is 4.52. The fourth-order valence-electron chi connectivity index (χ4n) is 2.72. The van der Waals surface area contributed by atoms with Gasteiger partial charge in [0, 0.05) is 24.2 Å². The summed E-state index contributed by atoms with van der Waals surface area (Å²) >= 11 is 1.21. The van der Waals surface area contributed by atoms with Crippen LogP contribution in [-0.4, -0.2) is 38.3 Å². The Kier molecular flexibility index (Phi) is 6.40. The Bertz CT molecular complexity index is 1060. The largest absolute Gasteiger partial charge is 0.496 e. The zero-order valence-corrected chi connectivity index (χ0v) is 16.5. The quantitative estimate of drug-likeness (QED) is 0.173. The number of nitro groups is 1. The molecule has 9 heteroatoms. The smallest absolute Gasteiger partial charge is 0.270 e. The predicted molar refractivity (Wildman–Crippen MR) is 110 cm³/mol. The van der Waals surface area contributed by atoms with E-state index < -0.39 is 4.92 Å². The van der Waals surface area contributed by atoms with E-state index in [1.807, 2.05) is 28.8 Å². The van der Waals surface area contributed by atoms with Crippen LogP contribution in [0.15, 0.2) is 66.3 Å². The van der Waals surface area contributed by atoms with Gasteiger partial charge in [-0.05, 0) is 12.1 Å². The first-order valence-electron chi connectivity index (χ1n) is 8.63. The van der Waals surface area contributed by atoms with Crippen molar-refractivity contribution in [3.8, 4) is 17.1 Å². The molecule has 0 saturated heterocycles. The Morgan fingerprint density at radius 3 is 2.79 bits per heavy atom. The minimum absolute atomic E-state index is 0.0718. The topological polar surface area (TPSA) is 100 Å². The van der Waals surface area contributed by atoms with Gasteiger partial charge in [-0.25, -0.2) is 0 Å². The highest BCUT2D eigenvalue weighted by Gasteiger charge is 2.18. The van der Waals surface area contributed by atoms with E-state index in [1.165, 1.54) is 30.0 Å². The number of para-hydroxylation sites is 1. The Morgan fingerprint density at radius 1 is 1.28 bits per heavy atom. The minimum atomic E-state index is -0.524. The molecule has 0 radical (unpaired) electrons. The molecule has 2 aromatic carbocycles. The number of Topliss-reactive ketones (excluding diaryl/α,β-unsaturated/α-hetero) is 1. The van der Waals surface area contributed by atoms with E-state index in [9.17, 15) is 14.9 Å². The van der Waals surface area contributed by atoms with Crippen molar-refractivity contribution in [1.82, 2.24) is 14.8 Å². The van der Waals surface area contributed by atoms with E-state index in [2.05, 4.69) is 16.8 Å². The van der Waals surface area contributed by atoms with Gasteiger partial charge in [-0.3, -0.25) is 19.5 Å². The van der Waals surface area contributed by atoms with Crippen LogP contribution in [0, 0.1) is 10.1 Å². The molecule has 0 fully saturated rings. The minimum Gasteiger partial charge on any atom is -0.496 e. The van der Waals surface area contributed by atoms with Crippen molar-refractivity contribution in [3.05, 3.63) is 76.9 Å². The first-order valence-corrected chi connectivity index (χ1v) is 9.61. The molecular weight excluding hydrogens is 392 g/mol. The molecule has 0 aliphatic heterocycles. The molecule has 29 heavy (non-hydrogen) atoms. The van der Waals surface area contributed by atoms with Crippen LogP contribution in [0.2, 0.25) is 0 Å². The molecule has 0 aliphatic carbocycles. The average Bonchev–Trinajstić information content (AvgIpc) is 3.14. The molecule has 0 spiro atoms. The number of benzene rings is 2. The van der Waals surface area contributed by atoms with E-state index in [4.69, 9.17) is 4.74 Å². The van der Waals surface area contributed by atoms with Crippen LogP contribution in [-0.2, 0) is 6.54 Å². The molecule has 0 N–H and O–H groups in total. The van der Waals surface area contributed by atoms with Crippen molar-refractivity contribution in [2.45, 2.75) is 11.7 Å². The number of ketones is 1. The lowest BCUT2D eigenvalue weighted by Gasteiger charge is -2.10. The number of hydrogen-bond donors (Lipinski definition) is 0. The molecule has 0 atom stereocenters. The van der Waals surface area contributed by atoms with Gasteiger partial charge in [-0.1, -0.05) is 42.1 Å². The molecule has 1 heterocycles. The van der Waals surface area contributed by atoms with Crippen LogP contribution in [0.5, 0.6) is 5.75 Å². The number of carbonyl (C=O) groups is 1. The van der Waals surface area contributed by atoms with Gasteiger partial charge in [0.2, 0.25) is 0 Å². The molecule has 1 aromatic heterocycles. The van der Waals surface area contributed by atoms with E-state index in [0.717, 1.165) is 5.56 Å². The first kappa shape index (κ1) is 20.3. The molecular formula is C20H18N4O4S. The summed E-state index contributed by atoms with van der Waals surface area (Å²) in [6.45, 7) is 4.23. The summed E-state index contributed by atoms with van der Waals surface area (Å²) in [7, 11) is 1.58. The highest BCUT2D eigenvalue weighted by molar-refractivity contribution is 7.99. The first-order chi connectivity index (χ1) is 14.0. The number of nitro benzene ring substituents is 1. The van der Waals surface area contributed by atoms with Gasteiger partial charge in [-0.15, -0.1) is 16.8 Å². The monoisotopic (exact) mass is 410 g/mol. The van der Waals surface area contributed by atoms with E-state index in [0.29, 0.717) is 23.3 Å². The number of non-ortho nitro benzene ring substituents is 1. The number of aromatic nitrogens is 3. The Morgan fingerprint density at radius 2 is 2.07 bits per heavy atom. The summed E-state index contributed by atoms with van der Waals surface area (Å²) in [6, 6.07) is 13.1. The molecule has 148 valence electrons. The van der Waals surface area contributed by atoms with Crippen LogP contribution >= 0.6 is 11.8 Å². The number of hydrogen-bond acceptors (Lipinski definition) is 7. The second kappa shape index (κ2) is 9.16. The standard InChI is InChI=1S/C20H18N4O4S/c1-3-11-23-19(16-9-4-5-10-18(16)28-2)21-22-20(23)29-13-17(25)14-7-6-8-15(12-14)24(26)27/h3-10,12H,1,11,13H2,2H3. The van der Waals surface area contributed by atoms with Crippen LogP contribution in [0.25, 0.3) is 11.4 Å². The maximum Gasteiger partial charge on any atom is 0.270 e. The molecule has 3 aromatic rings. The van der Waals surface area contributed by atoms with Gasteiger partial charge < -0.3 is 4.74 Å². The van der Waals surface area contributed by atoms with Crippen molar-refractivity contribution in [3.63, 3.8) is 0 Å². The Hall–Kier alpha value is -3.46. The average molecular weight is 410 g/mol. The third-order valence-corrected chi connectivity index (χ3v) is 5.05. The fourth-order valence-corrected chi connectivity index (χ4v) is 3.57. The summed E-state index contributed by atoms with van der Waals surface area (Å²) in [5.41, 5.74) is 0.946. The number of thioether (sulfide) groups is 1. The number of nitrogens with zero attached hydrogens (tertiary/aromatic N) is 4. The molecule has 0 aliphatic rings. The molecule has 0 bridgehead atoms. The number of ether oxygens (including phenoxy) is 1. The van der Waals surface area contributed by atoms with Crippen LogP contribution in [0.3, 0.4) is 0 Å². The Balaban J connectivity index is 1.84. The van der Waals surface area contributed by atoms with Crippen LogP contribution in [0.1, 0.15) is 10.4 Å². The van der Waals surface area contributed by atoms with Crippen LogP contribution in [0.4, 0.5) is 5.69 Å². The summed E-state index contributed by atoms with van der Waals surface area (Å²) in [5.74, 6) is 1.11. The zero-order valence-electron chi connectivity index (χ0n) is 15.6. The molecule has 3 rings (SSSR count). The maximum absolute atomic E-state index is 12.5. The van der Waals surface area contributed by atoms with Gasteiger partial charge in [0.15, 0.2) is 16.8 Å². The normalized spacial score (nSPS) is 10.5. The van der Waals surface area contributed by atoms with Crippen molar-refractivity contribution in [2.24, 2.45) is 0 Å². The SMILES string of the molecule is C=CCn1c(SCC(=O)c2cccc([N+](=O)[O-])c2)nnc1-c1ccccc1OC. The van der Waals surface area contributed by atoms with Gasteiger partial charge >= 0.3 is 0 Å². The maximum atomic E-state index is 12.5. The lowest BCUT2D eigenvalue weighted by atomic mass is 10.1.